The standard InChI is InChI=1S/C10H14N2/c1-2-5-9(4-1)12-10-6-3-7-11-8-10/h3,6-9,12H,1-2,4-5H2. The lowest BCUT2D eigenvalue weighted by atomic mass is 10.2. The van der Waals surface area contributed by atoms with Crippen molar-refractivity contribution >= 4 is 5.69 Å². The quantitative estimate of drug-likeness (QED) is 0.722. The zero-order chi connectivity index (χ0) is 8.23. The molecule has 0 bridgehead atoms. The fourth-order valence-electron chi connectivity index (χ4n) is 1.75. The molecule has 1 aliphatic rings. The SMILES string of the molecule is c1cncc(NC2CCCC2)c1. The molecular formula is C10H14N2. The minimum absolute atomic E-state index is 0.689. The molecule has 0 aliphatic heterocycles. The van der Waals surface area contributed by atoms with Crippen LogP contribution in [0.3, 0.4) is 0 Å². The van der Waals surface area contributed by atoms with Gasteiger partial charge in [0.1, 0.15) is 0 Å². The fourth-order valence-corrected chi connectivity index (χ4v) is 1.75. The molecule has 1 heterocycles. The first-order valence-electron chi connectivity index (χ1n) is 4.62. The Hall–Kier alpha value is -1.05. The smallest absolute Gasteiger partial charge is 0.0528 e. The van der Waals surface area contributed by atoms with Gasteiger partial charge in [0.05, 0.1) is 5.69 Å². The Morgan fingerprint density at radius 2 is 2.17 bits per heavy atom. The van der Waals surface area contributed by atoms with Crippen molar-refractivity contribution in [2.45, 2.75) is 31.7 Å². The number of aromatic nitrogens is 1. The molecule has 1 aromatic rings. The maximum atomic E-state index is 4.06. The van der Waals surface area contributed by atoms with Gasteiger partial charge in [-0.25, -0.2) is 0 Å². The van der Waals surface area contributed by atoms with Gasteiger partial charge in [-0.05, 0) is 25.0 Å². The largest absolute Gasteiger partial charge is 0.381 e. The van der Waals surface area contributed by atoms with E-state index in [9.17, 15) is 0 Å². The molecule has 0 saturated heterocycles. The number of hydrogen-bond donors (Lipinski definition) is 1. The van der Waals surface area contributed by atoms with Crippen LogP contribution in [0.15, 0.2) is 24.5 Å². The van der Waals surface area contributed by atoms with E-state index in [1.54, 1.807) is 6.20 Å². The van der Waals surface area contributed by atoms with Crippen molar-refractivity contribution in [2.75, 3.05) is 5.32 Å². The lowest BCUT2D eigenvalue weighted by Gasteiger charge is -2.12. The van der Waals surface area contributed by atoms with E-state index in [1.807, 2.05) is 12.3 Å². The normalized spacial score (nSPS) is 18.0. The molecule has 2 rings (SSSR count). The molecule has 64 valence electrons. The lowest BCUT2D eigenvalue weighted by Crippen LogP contribution is -2.14. The molecular weight excluding hydrogens is 148 g/mol. The fraction of sp³-hybridized carbons (Fsp3) is 0.500. The summed E-state index contributed by atoms with van der Waals surface area (Å²) in [7, 11) is 0. The van der Waals surface area contributed by atoms with E-state index in [2.05, 4.69) is 16.4 Å². The van der Waals surface area contributed by atoms with Crippen LogP contribution in [-0.4, -0.2) is 11.0 Å². The van der Waals surface area contributed by atoms with Gasteiger partial charge in [0, 0.05) is 18.4 Å². The Balaban J connectivity index is 1.94. The van der Waals surface area contributed by atoms with Crippen LogP contribution in [-0.2, 0) is 0 Å². The van der Waals surface area contributed by atoms with E-state index >= 15 is 0 Å². The van der Waals surface area contributed by atoms with Gasteiger partial charge in [0.25, 0.3) is 0 Å². The molecule has 1 aliphatic carbocycles. The van der Waals surface area contributed by atoms with Crippen LogP contribution < -0.4 is 5.32 Å². The Labute approximate surface area is 73.0 Å². The van der Waals surface area contributed by atoms with Gasteiger partial charge < -0.3 is 5.32 Å². The van der Waals surface area contributed by atoms with Crippen LogP contribution in [0, 0.1) is 0 Å². The van der Waals surface area contributed by atoms with E-state index < -0.39 is 0 Å². The highest BCUT2D eigenvalue weighted by molar-refractivity contribution is 5.40. The first-order chi connectivity index (χ1) is 5.95. The number of hydrogen-bond acceptors (Lipinski definition) is 2. The average Bonchev–Trinajstić information content (AvgIpc) is 2.59. The Morgan fingerprint density at radius 1 is 1.33 bits per heavy atom. The van der Waals surface area contributed by atoms with Crippen LogP contribution in [0.5, 0.6) is 0 Å². The Morgan fingerprint density at radius 3 is 2.83 bits per heavy atom. The van der Waals surface area contributed by atoms with Gasteiger partial charge in [-0.3, -0.25) is 4.98 Å². The first-order valence-corrected chi connectivity index (χ1v) is 4.62. The highest BCUT2D eigenvalue weighted by Gasteiger charge is 2.13. The van der Waals surface area contributed by atoms with Crippen LogP contribution in [0.4, 0.5) is 5.69 Å². The summed E-state index contributed by atoms with van der Waals surface area (Å²) in [5.74, 6) is 0. The maximum Gasteiger partial charge on any atom is 0.0528 e. The third kappa shape index (κ3) is 1.76. The number of pyridine rings is 1. The minimum Gasteiger partial charge on any atom is -0.381 e. The number of rotatable bonds is 2. The molecule has 2 heteroatoms. The van der Waals surface area contributed by atoms with Crippen molar-refractivity contribution in [3.8, 4) is 0 Å². The summed E-state index contributed by atoms with van der Waals surface area (Å²) in [6.07, 6.45) is 9.07. The van der Waals surface area contributed by atoms with E-state index in [0.717, 1.165) is 5.69 Å². The topological polar surface area (TPSA) is 24.9 Å². The highest BCUT2D eigenvalue weighted by Crippen LogP contribution is 2.21. The predicted octanol–water partition coefficient (Wildman–Crippen LogP) is 2.44. The summed E-state index contributed by atoms with van der Waals surface area (Å²) in [4.78, 5) is 4.06. The van der Waals surface area contributed by atoms with E-state index in [4.69, 9.17) is 0 Å². The van der Waals surface area contributed by atoms with Crippen molar-refractivity contribution in [3.05, 3.63) is 24.5 Å². The molecule has 0 amide bonds. The number of nitrogens with zero attached hydrogens (tertiary/aromatic N) is 1. The van der Waals surface area contributed by atoms with Crippen LogP contribution in [0.2, 0.25) is 0 Å². The molecule has 1 saturated carbocycles. The molecule has 0 unspecified atom stereocenters. The Bertz CT molecular complexity index is 227. The summed E-state index contributed by atoms with van der Waals surface area (Å²) < 4.78 is 0. The molecule has 1 fully saturated rings. The Kier molecular flexibility index (Phi) is 2.26. The molecule has 0 spiro atoms. The average molecular weight is 162 g/mol. The van der Waals surface area contributed by atoms with Crippen molar-refractivity contribution in [3.63, 3.8) is 0 Å². The first kappa shape index (κ1) is 7.59. The van der Waals surface area contributed by atoms with E-state index in [1.165, 1.54) is 25.7 Å². The lowest BCUT2D eigenvalue weighted by molar-refractivity contribution is 0.755. The monoisotopic (exact) mass is 162 g/mol. The van der Waals surface area contributed by atoms with Gasteiger partial charge in [-0.2, -0.15) is 0 Å². The summed E-state index contributed by atoms with van der Waals surface area (Å²) in [6, 6.07) is 4.73. The zero-order valence-corrected chi connectivity index (χ0v) is 7.16. The van der Waals surface area contributed by atoms with Crippen molar-refractivity contribution in [1.29, 1.82) is 0 Å². The van der Waals surface area contributed by atoms with E-state index in [0.29, 0.717) is 6.04 Å². The summed E-state index contributed by atoms with van der Waals surface area (Å²) in [5.41, 5.74) is 1.16. The number of anilines is 1. The van der Waals surface area contributed by atoms with E-state index in [-0.39, 0.29) is 0 Å². The molecule has 0 radical (unpaired) electrons. The maximum absolute atomic E-state index is 4.06. The van der Waals surface area contributed by atoms with Crippen LogP contribution in [0.25, 0.3) is 0 Å². The predicted molar refractivity (Wildman–Crippen MR) is 50.1 cm³/mol. The summed E-state index contributed by atoms with van der Waals surface area (Å²) >= 11 is 0. The van der Waals surface area contributed by atoms with Crippen LogP contribution in [0.1, 0.15) is 25.7 Å². The molecule has 12 heavy (non-hydrogen) atoms. The van der Waals surface area contributed by atoms with Gasteiger partial charge in [0.15, 0.2) is 0 Å². The van der Waals surface area contributed by atoms with Crippen molar-refractivity contribution < 1.29 is 0 Å². The number of nitrogens with one attached hydrogen (secondary N) is 1. The van der Waals surface area contributed by atoms with Crippen molar-refractivity contribution in [1.82, 2.24) is 4.98 Å². The van der Waals surface area contributed by atoms with Crippen LogP contribution >= 0.6 is 0 Å². The molecule has 1 N–H and O–H groups in total. The van der Waals surface area contributed by atoms with Gasteiger partial charge in [-0.15, -0.1) is 0 Å². The third-order valence-electron chi connectivity index (χ3n) is 2.39. The van der Waals surface area contributed by atoms with Gasteiger partial charge in [0.2, 0.25) is 0 Å². The second kappa shape index (κ2) is 3.57. The van der Waals surface area contributed by atoms with Gasteiger partial charge in [-0.1, -0.05) is 12.8 Å². The van der Waals surface area contributed by atoms with Gasteiger partial charge >= 0.3 is 0 Å². The molecule has 0 atom stereocenters. The summed E-state index contributed by atoms with van der Waals surface area (Å²) in [5, 5.41) is 3.48. The second-order valence-electron chi connectivity index (χ2n) is 3.37. The molecule has 0 aromatic carbocycles. The zero-order valence-electron chi connectivity index (χ0n) is 7.16. The minimum atomic E-state index is 0.689. The van der Waals surface area contributed by atoms with Crippen molar-refractivity contribution in [2.24, 2.45) is 0 Å². The third-order valence-corrected chi connectivity index (χ3v) is 2.39. The molecule has 2 nitrogen and oxygen atoms in total. The molecule has 1 aromatic heterocycles. The summed E-state index contributed by atoms with van der Waals surface area (Å²) in [6.45, 7) is 0. The second-order valence-corrected chi connectivity index (χ2v) is 3.37. The highest BCUT2D eigenvalue weighted by atomic mass is 14.9.